The highest BCUT2D eigenvalue weighted by Gasteiger charge is 2.23. The summed E-state index contributed by atoms with van der Waals surface area (Å²) in [6, 6.07) is 6.68. The molecule has 2 nitrogen and oxygen atoms in total. The van der Waals surface area contributed by atoms with E-state index in [1.54, 1.807) is 7.11 Å². The molecule has 0 aliphatic heterocycles. The minimum Gasteiger partial charge on any atom is -0.497 e. The molecule has 0 saturated heterocycles. The third-order valence-corrected chi connectivity index (χ3v) is 4.41. The number of ether oxygens (including phenoxy) is 1. The maximum absolute atomic E-state index is 5.23. The summed E-state index contributed by atoms with van der Waals surface area (Å²) in [7, 11) is 3.74. The van der Waals surface area contributed by atoms with E-state index < -0.39 is 0 Å². The van der Waals surface area contributed by atoms with Crippen molar-refractivity contribution in [1.82, 2.24) is 5.32 Å². The molecule has 1 fully saturated rings. The van der Waals surface area contributed by atoms with Gasteiger partial charge in [-0.25, -0.2) is 0 Å². The van der Waals surface area contributed by atoms with Crippen molar-refractivity contribution in [1.29, 1.82) is 0 Å². The monoisotopic (exact) mass is 297 g/mol. The van der Waals surface area contributed by atoms with Gasteiger partial charge >= 0.3 is 0 Å². The Bertz CT molecular complexity index is 376. The number of nitrogens with one attached hydrogen (secondary N) is 1. The van der Waals surface area contributed by atoms with Crippen LogP contribution in [0.1, 0.15) is 37.3 Å². The van der Waals surface area contributed by atoms with Crippen LogP contribution in [-0.2, 0) is 0 Å². The zero-order valence-corrected chi connectivity index (χ0v) is 12.1. The first-order valence-electron chi connectivity index (χ1n) is 6.25. The zero-order chi connectivity index (χ0) is 12.3. The van der Waals surface area contributed by atoms with Crippen molar-refractivity contribution in [2.24, 2.45) is 5.92 Å². The highest BCUT2D eigenvalue weighted by atomic mass is 79.9. The molecular formula is C14H20BrNO. The fraction of sp³-hybridized carbons (Fsp3) is 0.571. The van der Waals surface area contributed by atoms with Crippen LogP contribution in [0, 0.1) is 5.92 Å². The van der Waals surface area contributed by atoms with E-state index in [1.165, 1.54) is 31.2 Å². The molecule has 17 heavy (non-hydrogen) atoms. The van der Waals surface area contributed by atoms with Gasteiger partial charge in [0.1, 0.15) is 5.75 Å². The Kier molecular flexibility index (Phi) is 4.46. The first kappa shape index (κ1) is 12.9. The van der Waals surface area contributed by atoms with Crippen molar-refractivity contribution < 1.29 is 4.74 Å². The summed E-state index contributed by atoms with van der Waals surface area (Å²) in [4.78, 5) is 0. The fourth-order valence-corrected chi connectivity index (χ4v) is 3.01. The van der Waals surface area contributed by atoms with Crippen LogP contribution in [0.4, 0.5) is 0 Å². The van der Waals surface area contributed by atoms with Gasteiger partial charge in [-0.05, 0) is 37.1 Å². The number of hydrogen-bond donors (Lipinski definition) is 1. The van der Waals surface area contributed by atoms with E-state index in [1.807, 2.05) is 19.2 Å². The second-order valence-electron chi connectivity index (χ2n) is 4.76. The minimum atomic E-state index is 0.445. The highest BCUT2D eigenvalue weighted by molar-refractivity contribution is 9.10. The normalized spacial score (nSPS) is 17.6. The third-order valence-electron chi connectivity index (χ3n) is 3.73. The fourth-order valence-electron chi connectivity index (χ4n) is 2.38. The molecule has 1 aliphatic carbocycles. The van der Waals surface area contributed by atoms with Crippen molar-refractivity contribution in [3.05, 3.63) is 28.2 Å². The number of rotatable bonds is 5. The molecule has 1 aliphatic rings. The summed E-state index contributed by atoms with van der Waals surface area (Å²) in [6.45, 7) is 0. The van der Waals surface area contributed by atoms with Gasteiger partial charge < -0.3 is 10.1 Å². The largest absolute Gasteiger partial charge is 0.497 e. The summed E-state index contributed by atoms with van der Waals surface area (Å²) in [5.74, 6) is 1.81. The van der Waals surface area contributed by atoms with Gasteiger partial charge in [0.15, 0.2) is 0 Å². The van der Waals surface area contributed by atoms with E-state index in [0.717, 1.165) is 16.1 Å². The molecule has 1 N–H and O–H groups in total. The Labute approximate surface area is 112 Å². The Balaban J connectivity index is 2.11. The summed E-state index contributed by atoms with van der Waals surface area (Å²) in [5, 5.41) is 3.42. The SMILES string of the molecule is CNC(CC1CCC1)c1ccc(OC)cc1Br. The van der Waals surface area contributed by atoms with Crippen molar-refractivity contribution in [2.75, 3.05) is 14.2 Å². The molecule has 1 unspecified atom stereocenters. The number of benzene rings is 1. The van der Waals surface area contributed by atoms with Gasteiger partial charge in [-0.3, -0.25) is 0 Å². The van der Waals surface area contributed by atoms with Crippen LogP contribution in [-0.4, -0.2) is 14.2 Å². The number of hydrogen-bond acceptors (Lipinski definition) is 2. The average molecular weight is 298 g/mol. The second-order valence-corrected chi connectivity index (χ2v) is 5.62. The molecule has 1 atom stereocenters. The van der Waals surface area contributed by atoms with E-state index in [9.17, 15) is 0 Å². The molecule has 1 aromatic rings. The Morgan fingerprint density at radius 3 is 2.71 bits per heavy atom. The van der Waals surface area contributed by atoms with E-state index in [0.29, 0.717) is 6.04 Å². The molecule has 1 saturated carbocycles. The summed E-state index contributed by atoms with van der Waals surface area (Å²) in [5.41, 5.74) is 1.33. The maximum Gasteiger partial charge on any atom is 0.120 e. The zero-order valence-electron chi connectivity index (χ0n) is 10.5. The van der Waals surface area contributed by atoms with Crippen LogP contribution in [0.2, 0.25) is 0 Å². The maximum atomic E-state index is 5.23. The Morgan fingerprint density at radius 2 is 2.24 bits per heavy atom. The van der Waals surface area contributed by atoms with Crippen LogP contribution in [0.5, 0.6) is 5.75 Å². The van der Waals surface area contributed by atoms with Crippen LogP contribution in [0.15, 0.2) is 22.7 Å². The van der Waals surface area contributed by atoms with Crippen LogP contribution >= 0.6 is 15.9 Å². The van der Waals surface area contributed by atoms with Crippen LogP contribution in [0.3, 0.4) is 0 Å². The lowest BCUT2D eigenvalue weighted by Crippen LogP contribution is -2.23. The van der Waals surface area contributed by atoms with Crippen molar-refractivity contribution in [3.8, 4) is 5.75 Å². The van der Waals surface area contributed by atoms with Crippen LogP contribution in [0.25, 0.3) is 0 Å². The average Bonchev–Trinajstić information content (AvgIpc) is 2.29. The molecule has 0 aromatic heterocycles. The van der Waals surface area contributed by atoms with Gasteiger partial charge in [-0.1, -0.05) is 41.3 Å². The van der Waals surface area contributed by atoms with Gasteiger partial charge in [0.2, 0.25) is 0 Å². The van der Waals surface area contributed by atoms with Crippen molar-refractivity contribution >= 4 is 15.9 Å². The molecule has 94 valence electrons. The molecule has 0 bridgehead atoms. The molecule has 0 radical (unpaired) electrons. The highest BCUT2D eigenvalue weighted by Crippen LogP contribution is 2.37. The molecule has 0 spiro atoms. The molecule has 2 rings (SSSR count). The van der Waals surface area contributed by atoms with E-state index >= 15 is 0 Å². The topological polar surface area (TPSA) is 21.3 Å². The number of methoxy groups -OCH3 is 1. The lowest BCUT2D eigenvalue weighted by atomic mass is 9.79. The predicted molar refractivity (Wildman–Crippen MR) is 74.5 cm³/mol. The molecule has 1 aromatic carbocycles. The lowest BCUT2D eigenvalue weighted by molar-refractivity contribution is 0.265. The Morgan fingerprint density at radius 1 is 1.47 bits per heavy atom. The first-order chi connectivity index (χ1) is 8.24. The second kappa shape index (κ2) is 5.87. The summed E-state index contributed by atoms with van der Waals surface area (Å²) in [6.07, 6.45) is 5.43. The standard InChI is InChI=1S/C14H20BrNO/c1-16-14(8-10-4-3-5-10)12-7-6-11(17-2)9-13(12)15/h6-7,9-10,14,16H,3-5,8H2,1-2H3. The summed E-state index contributed by atoms with van der Waals surface area (Å²) >= 11 is 3.64. The van der Waals surface area contributed by atoms with Crippen molar-refractivity contribution in [2.45, 2.75) is 31.7 Å². The quantitative estimate of drug-likeness (QED) is 0.890. The first-order valence-corrected chi connectivity index (χ1v) is 7.04. The number of halogens is 1. The molecule has 0 heterocycles. The molecule has 0 amide bonds. The van der Waals surface area contributed by atoms with Crippen molar-refractivity contribution in [3.63, 3.8) is 0 Å². The smallest absolute Gasteiger partial charge is 0.120 e. The predicted octanol–water partition coefficient (Wildman–Crippen LogP) is 3.91. The van der Waals surface area contributed by atoms with Gasteiger partial charge in [0.25, 0.3) is 0 Å². The summed E-state index contributed by atoms with van der Waals surface area (Å²) < 4.78 is 6.36. The van der Waals surface area contributed by atoms with Gasteiger partial charge in [0, 0.05) is 10.5 Å². The minimum absolute atomic E-state index is 0.445. The van der Waals surface area contributed by atoms with E-state index in [4.69, 9.17) is 4.74 Å². The van der Waals surface area contributed by atoms with Gasteiger partial charge in [0.05, 0.1) is 7.11 Å². The molecular weight excluding hydrogens is 278 g/mol. The third kappa shape index (κ3) is 3.02. The van der Waals surface area contributed by atoms with Gasteiger partial charge in [-0.2, -0.15) is 0 Å². The van der Waals surface area contributed by atoms with Crippen LogP contribution < -0.4 is 10.1 Å². The van der Waals surface area contributed by atoms with E-state index in [-0.39, 0.29) is 0 Å². The Hall–Kier alpha value is -0.540. The molecule has 3 heteroatoms. The lowest BCUT2D eigenvalue weighted by Gasteiger charge is -2.30. The van der Waals surface area contributed by atoms with E-state index in [2.05, 4.69) is 27.3 Å². The van der Waals surface area contributed by atoms with Gasteiger partial charge in [-0.15, -0.1) is 0 Å².